The van der Waals surface area contributed by atoms with Gasteiger partial charge in [0.05, 0.1) is 78.5 Å². The molecule has 0 aliphatic carbocycles. The maximum absolute atomic E-state index is 10.2. The number of quaternary nitrogens is 3. The lowest BCUT2D eigenvalue weighted by Gasteiger charge is -2.44. The normalized spacial score (nSPS) is 12.0. The molecule has 0 amide bonds. The van der Waals surface area contributed by atoms with Crippen LogP contribution in [-0.4, -0.2) is 101 Å². The number of halogens is 1. The first-order chi connectivity index (χ1) is 26.7. The zero-order valence-corrected chi connectivity index (χ0v) is 41.9. The van der Waals surface area contributed by atoms with Gasteiger partial charge in [0.1, 0.15) is 0 Å². The van der Waals surface area contributed by atoms with Crippen molar-refractivity contribution in [1.29, 1.82) is 0 Å². The number of nitrogens with zero attached hydrogens (tertiary/aromatic N) is 3. The molecule has 0 radical (unpaired) electrons. The van der Waals surface area contributed by atoms with Crippen molar-refractivity contribution in [2.75, 3.05) is 78.5 Å². The molecule has 0 aromatic rings. The monoisotopic (exact) mass is 822 g/mol. The summed E-state index contributed by atoms with van der Waals surface area (Å²) >= 11 is 0. The SMILES string of the molecule is CCCC[N+](CCCC)(CCCC)CCCC.CCCC[N+](CCCC)(CCCC)CCCC.CCCC[N+](CCCC)(CCCC)CCCC.[O-][Si]([O-])([O-])F. The van der Waals surface area contributed by atoms with Gasteiger partial charge in [-0.2, -0.15) is 0 Å². The van der Waals surface area contributed by atoms with Crippen molar-refractivity contribution in [3.05, 3.63) is 0 Å². The predicted molar refractivity (Wildman–Crippen MR) is 245 cm³/mol. The van der Waals surface area contributed by atoms with Gasteiger partial charge in [-0.25, -0.2) is 0 Å². The largest absolute Gasteiger partial charge is 0.857 e. The van der Waals surface area contributed by atoms with Crippen LogP contribution in [0.15, 0.2) is 0 Å². The van der Waals surface area contributed by atoms with Crippen molar-refractivity contribution < 1.29 is 31.9 Å². The van der Waals surface area contributed by atoms with E-state index in [-0.39, 0.29) is 0 Å². The van der Waals surface area contributed by atoms with Gasteiger partial charge in [0.25, 0.3) is 0 Å². The third-order valence-electron chi connectivity index (χ3n) is 11.8. The lowest BCUT2D eigenvalue weighted by atomic mass is 10.1. The third kappa shape index (κ3) is 42.0. The van der Waals surface area contributed by atoms with E-state index in [1.54, 1.807) is 0 Å². The van der Waals surface area contributed by atoms with Crippen molar-refractivity contribution in [3.8, 4) is 0 Å². The summed E-state index contributed by atoms with van der Waals surface area (Å²) in [7, 11) is -5.86. The van der Waals surface area contributed by atoms with Crippen molar-refractivity contribution in [1.82, 2.24) is 0 Å². The molecule has 8 heteroatoms. The molecule has 0 N–H and O–H groups in total. The lowest BCUT2D eigenvalue weighted by Crippen LogP contribution is -2.69. The lowest BCUT2D eigenvalue weighted by molar-refractivity contribution is -0.929. The minimum Gasteiger partial charge on any atom is -0.857 e. The Hall–Kier alpha value is -0.0931. The summed E-state index contributed by atoms with van der Waals surface area (Å²) in [5.74, 6) is 0. The Labute approximate surface area is 355 Å². The fraction of sp³-hybridized carbons (Fsp3) is 1.00. The van der Waals surface area contributed by atoms with Crippen LogP contribution in [0.3, 0.4) is 0 Å². The highest BCUT2D eigenvalue weighted by molar-refractivity contribution is 6.41. The minimum atomic E-state index is -5.86. The van der Waals surface area contributed by atoms with E-state index in [1.807, 2.05) is 0 Å². The summed E-state index contributed by atoms with van der Waals surface area (Å²) in [6.07, 6.45) is 33.2. The van der Waals surface area contributed by atoms with Crippen LogP contribution in [0, 0.1) is 0 Å². The summed E-state index contributed by atoms with van der Waals surface area (Å²) in [5, 5.41) is 0. The van der Waals surface area contributed by atoms with E-state index in [0.29, 0.717) is 0 Å². The van der Waals surface area contributed by atoms with E-state index in [9.17, 15) is 4.11 Å². The van der Waals surface area contributed by atoms with Crippen LogP contribution in [0.4, 0.5) is 4.11 Å². The van der Waals surface area contributed by atoms with Crippen LogP contribution in [0.2, 0.25) is 0 Å². The summed E-state index contributed by atoms with van der Waals surface area (Å²) in [6, 6.07) is 0. The molecule has 0 unspecified atom stereocenters. The second-order valence-corrected chi connectivity index (χ2v) is 18.4. The highest BCUT2D eigenvalue weighted by Crippen LogP contribution is 2.19. The average Bonchev–Trinajstić information content (AvgIpc) is 3.19. The van der Waals surface area contributed by atoms with Gasteiger partial charge in [0.15, 0.2) is 0 Å². The second kappa shape index (κ2) is 44.5. The Morgan fingerprint density at radius 2 is 0.321 bits per heavy atom. The van der Waals surface area contributed by atoms with Gasteiger partial charge < -0.3 is 31.9 Å². The van der Waals surface area contributed by atoms with E-state index >= 15 is 0 Å². The molecule has 56 heavy (non-hydrogen) atoms. The maximum Gasteiger partial charge on any atom is 0.0786 e. The number of rotatable bonds is 36. The Kier molecular flexibility index (Phi) is 49.7. The molecule has 0 aromatic heterocycles. The van der Waals surface area contributed by atoms with Gasteiger partial charge in [0.2, 0.25) is 0 Å². The van der Waals surface area contributed by atoms with Gasteiger partial charge >= 0.3 is 0 Å². The molecule has 344 valence electrons. The average molecular weight is 822 g/mol. The van der Waals surface area contributed by atoms with Crippen molar-refractivity contribution in [2.24, 2.45) is 0 Å². The molecule has 0 saturated carbocycles. The first kappa shape index (κ1) is 62.6. The van der Waals surface area contributed by atoms with Crippen LogP contribution in [0.5, 0.6) is 0 Å². The first-order valence-corrected chi connectivity index (χ1v) is 26.7. The molecule has 0 aliphatic heterocycles. The zero-order valence-electron chi connectivity index (χ0n) is 40.9. The number of hydrogen-bond acceptors (Lipinski definition) is 3. The number of hydrogen-bond donors (Lipinski definition) is 0. The molecule has 0 rings (SSSR count). The summed E-state index contributed by atoms with van der Waals surface area (Å²) < 4.78 is 14.4. The summed E-state index contributed by atoms with van der Waals surface area (Å²) in [4.78, 5) is 25.4. The molecule has 0 saturated heterocycles. The molecule has 0 bridgehead atoms. The topological polar surface area (TPSA) is 69.2 Å². The minimum absolute atomic E-state index is 1.35. The molecular weight excluding hydrogens is 714 g/mol. The van der Waals surface area contributed by atoms with Crippen LogP contribution in [-0.2, 0) is 0 Å². The smallest absolute Gasteiger partial charge is 0.0786 e. The fourth-order valence-electron chi connectivity index (χ4n) is 7.93. The van der Waals surface area contributed by atoms with Gasteiger partial charge in [0, 0.05) is 0 Å². The fourth-order valence-corrected chi connectivity index (χ4v) is 7.93. The van der Waals surface area contributed by atoms with E-state index in [1.165, 1.54) is 246 Å². The molecule has 6 nitrogen and oxygen atoms in total. The van der Waals surface area contributed by atoms with E-state index in [4.69, 9.17) is 14.4 Å². The van der Waals surface area contributed by atoms with Crippen LogP contribution >= 0.6 is 0 Å². The highest BCUT2D eigenvalue weighted by atomic mass is 28.4. The maximum atomic E-state index is 10.2. The second-order valence-electron chi connectivity index (χ2n) is 17.4. The Morgan fingerprint density at radius 3 is 0.375 bits per heavy atom. The van der Waals surface area contributed by atoms with E-state index < -0.39 is 9.14 Å². The van der Waals surface area contributed by atoms with Crippen LogP contribution in [0.25, 0.3) is 0 Å². The van der Waals surface area contributed by atoms with Gasteiger partial charge in [-0.05, 0) is 77.0 Å². The Bertz CT molecular complexity index is 537. The third-order valence-corrected chi connectivity index (χ3v) is 11.8. The Morgan fingerprint density at radius 1 is 0.250 bits per heavy atom. The summed E-state index contributed by atoms with van der Waals surface area (Å²) in [5.41, 5.74) is 0. The Balaban J connectivity index is -0.000000340. The van der Waals surface area contributed by atoms with Crippen molar-refractivity contribution in [3.63, 3.8) is 0 Å². The molecule has 0 fully saturated rings. The first-order valence-electron chi connectivity index (χ1n) is 25.1. The zero-order chi connectivity index (χ0) is 43.5. The van der Waals surface area contributed by atoms with Gasteiger partial charge in [-0.1, -0.05) is 169 Å². The van der Waals surface area contributed by atoms with Crippen molar-refractivity contribution in [2.45, 2.75) is 237 Å². The molecule has 0 heterocycles. The molecule has 0 aromatic carbocycles. The predicted octanol–water partition coefficient (Wildman–Crippen LogP) is 11.5. The van der Waals surface area contributed by atoms with Gasteiger partial charge in [-0.15, -0.1) is 0 Å². The number of unbranched alkanes of at least 4 members (excludes halogenated alkanes) is 12. The van der Waals surface area contributed by atoms with Crippen LogP contribution in [0.1, 0.15) is 237 Å². The van der Waals surface area contributed by atoms with E-state index in [0.717, 1.165) is 0 Å². The standard InChI is InChI=1S/3C16H36N.FO3Si/c3*1-5-9-13-17(14-10-6-2,15-11-7-3)16-12-8-4;1-5(2,3)4/h3*5-16H2,1-4H3;/q3*+1;-3. The molecular formula is C48H108FN3O3Si. The van der Waals surface area contributed by atoms with Crippen LogP contribution < -0.4 is 14.4 Å². The molecule has 0 atom stereocenters. The highest BCUT2D eigenvalue weighted by Gasteiger charge is 2.26. The summed E-state index contributed by atoms with van der Waals surface area (Å²) in [6.45, 7) is 45.1. The molecule has 0 aliphatic rings. The molecule has 0 spiro atoms. The van der Waals surface area contributed by atoms with Gasteiger partial charge in [-0.3, -0.25) is 0 Å². The quantitative estimate of drug-likeness (QED) is 0.0359. The van der Waals surface area contributed by atoms with Crippen molar-refractivity contribution >= 4 is 9.14 Å². The van der Waals surface area contributed by atoms with E-state index in [2.05, 4.69) is 83.1 Å².